The van der Waals surface area contributed by atoms with Crippen LogP contribution in [0.1, 0.15) is 38.3 Å². The second kappa shape index (κ2) is 12.1. The number of hydrogen-bond donors (Lipinski definition) is 7. The number of carbonyl (C=O) groups is 5. The van der Waals surface area contributed by atoms with E-state index >= 15 is 0 Å². The number of carbonyl (C=O) groups excluding carboxylic acids is 4. The highest BCUT2D eigenvalue weighted by molar-refractivity contribution is 5.94. The van der Waals surface area contributed by atoms with Crippen molar-refractivity contribution in [3.63, 3.8) is 0 Å². The van der Waals surface area contributed by atoms with Gasteiger partial charge in [-0.15, -0.1) is 0 Å². The molecule has 0 spiro atoms. The predicted octanol–water partition coefficient (Wildman–Crippen LogP) is -3.03. The van der Waals surface area contributed by atoms with Gasteiger partial charge in [0.1, 0.15) is 24.2 Å². The van der Waals surface area contributed by atoms with Gasteiger partial charge >= 0.3 is 5.97 Å². The van der Waals surface area contributed by atoms with E-state index in [4.69, 9.17) is 11.5 Å². The van der Waals surface area contributed by atoms with Crippen LogP contribution in [-0.2, 0) is 30.4 Å². The van der Waals surface area contributed by atoms with E-state index in [0.717, 1.165) is 0 Å². The van der Waals surface area contributed by atoms with Gasteiger partial charge in [0.15, 0.2) is 0 Å². The van der Waals surface area contributed by atoms with Gasteiger partial charge in [0.2, 0.25) is 23.6 Å². The number of amides is 4. The van der Waals surface area contributed by atoms with Gasteiger partial charge in [0.05, 0.1) is 12.4 Å². The Labute approximate surface area is 195 Å². The van der Waals surface area contributed by atoms with Gasteiger partial charge in [-0.05, 0) is 26.2 Å². The van der Waals surface area contributed by atoms with E-state index in [9.17, 15) is 34.2 Å². The molecule has 14 heteroatoms. The number of aromatic nitrogens is 2. The van der Waals surface area contributed by atoms with E-state index in [0.29, 0.717) is 18.5 Å². The normalized spacial score (nSPS) is 19.0. The molecular weight excluding hydrogens is 450 g/mol. The van der Waals surface area contributed by atoms with Gasteiger partial charge in [0.25, 0.3) is 0 Å². The molecule has 0 saturated carbocycles. The summed E-state index contributed by atoms with van der Waals surface area (Å²) in [6, 6.07) is -4.79. The SMILES string of the molecule is CC(O)C(N)C(=O)NC(CCC(N)=O)C(=O)NC(Cc1cnc[nH]1)C(=O)N1CCCC1C(=O)O. The van der Waals surface area contributed by atoms with Gasteiger partial charge in [-0.25, -0.2) is 9.78 Å². The number of rotatable bonds is 12. The summed E-state index contributed by atoms with van der Waals surface area (Å²) in [4.78, 5) is 69.3. The highest BCUT2D eigenvalue weighted by Crippen LogP contribution is 2.19. The zero-order valence-corrected chi connectivity index (χ0v) is 18.8. The molecule has 4 amide bonds. The number of nitrogens with two attached hydrogens (primary N) is 2. The van der Waals surface area contributed by atoms with Crippen LogP contribution in [0.4, 0.5) is 0 Å². The molecule has 188 valence electrons. The fourth-order valence-electron chi connectivity index (χ4n) is 3.62. The number of carboxylic acids is 1. The van der Waals surface area contributed by atoms with Gasteiger partial charge < -0.3 is 42.2 Å². The summed E-state index contributed by atoms with van der Waals surface area (Å²) in [5.74, 6) is -4.08. The second-order valence-electron chi connectivity index (χ2n) is 8.20. The number of aliphatic hydroxyl groups excluding tert-OH is 1. The first-order chi connectivity index (χ1) is 16.0. The van der Waals surface area contributed by atoms with Gasteiger partial charge in [-0.1, -0.05) is 0 Å². The smallest absolute Gasteiger partial charge is 0.326 e. The Balaban J connectivity index is 2.23. The Hall–Kier alpha value is -3.52. The Morgan fingerprint density at radius 2 is 1.91 bits per heavy atom. The van der Waals surface area contributed by atoms with E-state index in [-0.39, 0.29) is 25.8 Å². The number of aliphatic hydroxyl groups is 1. The average molecular weight is 482 g/mol. The summed E-state index contributed by atoms with van der Waals surface area (Å²) in [6.07, 6.45) is 2.01. The van der Waals surface area contributed by atoms with Crippen molar-refractivity contribution in [1.82, 2.24) is 25.5 Å². The number of imidazole rings is 1. The topological polar surface area (TPSA) is 234 Å². The highest BCUT2D eigenvalue weighted by Gasteiger charge is 2.38. The van der Waals surface area contributed by atoms with Gasteiger partial charge in [-0.3, -0.25) is 19.2 Å². The van der Waals surface area contributed by atoms with Crippen LogP contribution in [0.25, 0.3) is 0 Å². The van der Waals surface area contributed by atoms with Crippen molar-refractivity contribution in [3.05, 3.63) is 18.2 Å². The number of aromatic amines is 1. The molecule has 1 saturated heterocycles. The largest absolute Gasteiger partial charge is 0.480 e. The number of primary amides is 1. The van der Waals surface area contributed by atoms with E-state index < -0.39 is 59.9 Å². The molecule has 0 bridgehead atoms. The standard InChI is InChI=1S/C20H31N7O7/c1-10(28)16(22)18(31)25-12(4-5-15(21)29)17(30)26-13(7-11-8-23-9-24-11)19(32)27-6-2-3-14(27)20(33)34/h8-10,12-14,16,28H,2-7,22H2,1H3,(H2,21,29)(H,23,24)(H,25,31)(H,26,30)(H,33,34). The van der Waals surface area contributed by atoms with Crippen molar-refractivity contribution in [2.75, 3.05) is 6.54 Å². The van der Waals surface area contributed by atoms with Crippen LogP contribution in [0.2, 0.25) is 0 Å². The molecule has 34 heavy (non-hydrogen) atoms. The highest BCUT2D eigenvalue weighted by atomic mass is 16.4. The molecule has 5 unspecified atom stereocenters. The molecule has 2 rings (SSSR count). The average Bonchev–Trinajstić information content (AvgIpc) is 3.46. The number of nitrogens with zero attached hydrogens (tertiary/aromatic N) is 2. The van der Waals surface area contributed by atoms with E-state index in [1.54, 1.807) is 0 Å². The summed E-state index contributed by atoms with van der Waals surface area (Å²) in [7, 11) is 0. The Morgan fingerprint density at radius 1 is 1.24 bits per heavy atom. The van der Waals surface area contributed by atoms with Crippen LogP contribution in [0, 0.1) is 0 Å². The van der Waals surface area contributed by atoms with Crippen molar-refractivity contribution in [3.8, 4) is 0 Å². The van der Waals surface area contributed by atoms with Crippen LogP contribution >= 0.6 is 0 Å². The lowest BCUT2D eigenvalue weighted by Crippen LogP contribution is -2.58. The van der Waals surface area contributed by atoms with E-state index in [1.165, 1.54) is 24.3 Å². The number of nitrogens with one attached hydrogen (secondary N) is 3. The second-order valence-corrected chi connectivity index (χ2v) is 8.20. The molecule has 0 radical (unpaired) electrons. The van der Waals surface area contributed by atoms with Crippen molar-refractivity contribution >= 4 is 29.6 Å². The van der Waals surface area contributed by atoms with Crippen molar-refractivity contribution in [2.24, 2.45) is 11.5 Å². The first-order valence-corrected chi connectivity index (χ1v) is 10.8. The monoisotopic (exact) mass is 481 g/mol. The summed E-state index contributed by atoms with van der Waals surface area (Å²) in [5, 5.41) is 23.9. The maximum absolute atomic E-state index is 13.2. The summed E-state index contributed by atoms with van der Waals surface area (Å²) in [5.41, 5.74) is 11.3. The third kappa shape index (κ3) is 7.25. The lowest BCUT2D eigenvalue weighted by molar-refractivity contribution is -0.149. The summed E-state index contributed by atoms with van der Waals surface area (Å²) >= 11 is 0. The fourth-order valence-corrected chi connectivity index (χ4v) is 3.62. The Bertz CT molecular complexity index is 890. The maximum Gasteiger partial charge on any atom is 0.326 e. The van der Waals surface area contributed by atoms with Crippen LogP contribution in [-0.4, -0.2) is 91.5 Å². The first kappa shape index (κ1) is 26.7. The lowest BCUT2D eigenvalue weighted by Gasteiger charge is -2.29. The minimum absolute atomic E-state index is 0.0168. The molecule has 5 atom stereocenters. The Morgan fingerprint density at radius 3 is 2.47 bits per heavy atom. The van der Waals surface area contributed by atoms with Gasteiger partial charge in [-0.2, -0.15) is 0 Å². The first-order valence-electron chi connectivity index (χ1n) is 10.8. The zero-order chi connectivity index (χ0) is 25.4. The molecular formula is C20H31N7O7. The van der Waals surface area contributed by atoms with E-state index in [2.05, 4.69) is 20.6 Å². The molecule has 14 nitrogen and oxygen atoms in total. The third-order valence-corrected chi connectivity index (χ3v) is 5.55. The number of likely N-dealkylation sites (tertiary alicyclic amines) is 1. The third-order valence-electron chi connectivity index (χ3n) is 5.55. The molecule has 1 aromatic rings. The van der Waals surface area contributed by atoms with Crippen molar-refractivity contribution in [2.45, 2.75) is 69.3 Å². The quantitative estimate of drug-likeness (QED) is 0.161. The minimum Gasteiger partial charge on any atom is -0.480 e. The number of H-pyrrole nitrogens is 1. The number of carboxylic acid groups (broad SMARTS) is 1. The van der Waals surface area contributed by atoms with Gasteiger partial charge in [0, 0.05) is 31.3 Å². The number of aliphatic carboxylic acids is 1. The molecule has 1 aliphatic rings. The molecule has 0 aromatic carbocycles. The minimum atomic E-state index is -1.33. The molecule has 1 aromatic heterocycles. The summed E-state index contributed by atoms with van der Waals surface area (Å²) in [6.45, 7) is 1.52. The van der Waals surface area contributed by atoms with Crippen LogP contribution < -0.4 is 22.1 Å². The molecule has 2 heterocycles. The Kier molecular flexibility index (Phi) is 9.50. The van der Waals surface area contributed by atoms with Crippen LogP contribution in [0.5, 0.6) is 0 Å². The van der Waals surface area contributed by atoms with Crippen LogP contribution in [0.3, 0.4) is 0 Å². The molecule has 0 aliphatic carbocycles. The van der Waals surface area contributed by atoms with E-state index in [1.807, 2.05) is 0 Å². The number of hydrogen-bond acceptors (Lipinski definition) is 8. The summed E-state index contributed by atoms with van der Waals surface area (Å²) < 4.78 is 0. The fraction of sp³-hybridized carbons (Fsp3) is 0.600. The maximum atomic E-state index is 13.2. The lowest BCUT2D eigenvalue weighted by atomic mass is 10.1. The zero-order valence-electron chi connectivity index (χ0n) is 18.8. The molecule has 1 aliphatic heterocycles. The van der Waals surface area contributed by atoms with Crippen molar-refractivity contribution in [1.29, 1.82) is 0 Å². The molecule has 9 N–H and O–H groups in total. The molecule has 1 fully saturated rings. The predicted molar refractivity (Wildman–Crippen MR) is 117 cm³/mol. The van der Waals surface area contributed by atoms with Crippen molar-refractivity contribution < 1.29 is 34.2 Å². The van der Waals surface area contributed by atoms with Crippen LogP contribution in [0.15, 0.2) is 12.5 Å².